The smallest absolute Gasteiger partial charge is 0.224 e. The van der Waals surface area contributed by atoms with Crippen molar-refractivity contribution in [2.75, 3.05) is 6.54 Å². The average Bonchev–Trinajstić information content (AvgIpc) is 2.89. The first-order valence-electron chi connectivity index (χ1n) is 6.61. The van der Waals surface area contributed by atoms with Gasteiger partial charge in [0.1, 0.15) is 0 Å². The van der Waals surface area contributed by atoms with Gasteiger partial charge < -0.3 is 5.32 Å². The fourth-order valence-corrected chi connectivity index (χ4v) is 2.10. The van der Waals surface area contributed by atoms with Gasteiger partial charge in [0, 0.05) is 32.1 Å². The van der Waals surface area contributed by atoms with Crippen molar-refractivity contribution in [1.29, 1.82) is 0 Å². The Morgan fingerprint density at radius 1 is 1.56 bits per heavy atom. The van der Waals surface area contributed by atoms with E-state index < -0.39 is 0 Å². The topological polar surface area (TPSA) is 46.9 Å². The number of carbonyl (C=O) groups is 1. The number of carbonyl (C=O) groups excluding carboxylic acids is 1. The Morgan fingerprint density at radius 2 is 2.28 bits per heavy atom. The summed E-state index contributed by atoms with van der Waals surface area (Å²) in [5.41, 5.74) is 2.29. The van der Waals surface area contributed by atoms with Gasteiger partial charge in [-0.15, -0.1) is 0 Å². The number of hydrogen-bond acceptors (Lipinski definition) is 2. The minimum absolute atomic E-state index is 0.0731. The molecule has 1 aromatic heterocycles. The minimum atomic E-state index is 0.0731. The maximum Gasteiger partial charge on any atom is 0.224 e. The van der Waals surface area contributed by atoms with E-state index in [9.17, 15) is 4.79 Å². The van der Waals surface area contributed by atoms with E-state index in [-0.39, 0.29) is 11.8 Å². The third-order valence-corrected chi connectivity index (χ3v) is 2.90. The number of nitrogens with zero attached hydrogens (tertiary/aromatic N) is 2. The number of aromatic nitrogens is 2. The molecule has 0 saturated heterocycles. The van der Waals surface area contributed by atoms with Crippen LogP contribution >= 0.6 is 0 Å². The number of rotatable bonds is 3. The van der Waals surface area contributed by atoms with Gasteiger partial charge in [-0.05, 0) is 18.9 Å². The summed E-state index contributed by atoms with van der Waals surface area (Å²) < 4.78 is 1.82. The standard InChI is InChI=1S/C12H17N3O.C2H6/c1-3-4-5-13-12(16)9-6-10-8-15(2)14-11(10)7-9;1-2/h3-4,8-9H,5-7H2,1-2H3,(H,13,16);1-2H3/b4-3+;. The number of hydrogen-bond donors (Lipinski definition) is 1. The maximum absolute atomic E-state index is 11.8. The Labute approximate surface area is 109 Å². The molecule has 4 nitrogen and oxygen atoms in total. The van der Waals surface area contributed by atoms with Crippen LogP contribution in [0.15, 0.2) is 18.3 Å². The Morgan fingerprint density at radius 3 is 2.89 bits per heavy atom. The molecule has 0 saturated carbocycles. The monoisotopic (exact) mass is 249 g/mol. The fourth-order valence-electron chi connectivity index (χ4n) is 2.10. The zero-order chi connectivity index (χ0) is 13.5. The molecule has 1 N–H and O–H groups in total. The molecule has 0 aliphatic heterocycles. The van der Waals surface area contributed by atoms with E-state index >= 15 is 0 Å². The number of aryl methyl sites for hydroxylation is 1. The fraction of sp³-hybridized carbons (Fsp3) is 0.571. The van der Waals surface area contributed by atoms with Crippen molar-refractivity contribution in [3.05, 3.63) is 29.6 Å². The SMILES string of the molecule is C/C=C/CNC(=O)C1Cc2cn(C)nc2C1.CC. The summed E-state index contributed by atoms with van der Waals surface area (Å²) in [7, 11) is 1.92. The number of allylic oxidation sites excluding steroid dienone is 1. The van der Waals surface area contributed by atoms with Crippen molar-refractivity contribution in [2.24, 2.45) is 13.0 Å². The number of fused-ring (bicyclic) bond motifs is 1. The van der Waals surface area contributed by atoms with Crippen LogP contribution in [0.5, 0.6) is 0 Å². The second kappa shape index (κ2) is 6.99. The first-order valence-corrected chi connectivity index (χ1v) is 6.61. The molecule has 0 aromatic carbocycles. The maximum atomic E-state index is 11.8. The summed E-state index contributed by atoms with van der Waals surface area (Å²) in [6.07, 6.45) is 7.49. The molecule has 1 aromatic rings. The Bertz CT molecular complexity index is 397. The quantitative estimate of drug-likeness (QED) is 0.831. The van der Waals surface area contributed by atoms with Crippen molar-refractivity contribution < 1.29 is 4.79 Å². The van der Waals surface area contributed by atoms with E-state index in [0.29, 0.717) is 6.54 Å². The van der Waals surface area contributed by atoms with Gasteiger partial charge in [0.2, 0.25) is 5.91 Å². The van der Waals surface area contributed by atoms with Crippen LogP contribution < -0.4 is 5.32 Å². The van der Waals surface area contributed by atoms with Crippen LogP contribution in [-0.4, -0.2) is 22.2 Å². The van der Waals surface area contributed by atoms with Crippen LogP contribution in [-0.2, 0) is 24.7 Å². The average molecular weight is 249 g/mol. The van der Waals surface area contributed by atoms with Gasteiger partial charge in [-0.2, -0.15) is 5.10 Å². The lowest BCUT2D eigenvalue weighted by molar-refractivity contribution is -0.124. The van der Waals surface area contributed by atoms with E-state index in [0.717, 1.165) is 18.5 Å². The lowest BCUT2D eigenvalue weighted by atomic mass is 10.1. The molecule has 1 aliphatic carbocycles. The normalized spacial score (nSPS) is 17.2. The van der Waals surface area contributed by atoms with E-state index in [1.807, 2.05) is 50.8 Å². The molecule has 0 spiro atoms. The second-order valence-corrected chi connectivity index (χ2v) is 4.19. The van der Waals surface area contributed by atoms with Gasteiger partial charge in [0.25, 0.3) is 0 Å². The molecular weight excluding hydrogens is 226 g/mol. The Balaban J connectivity index is 0.000000771. The zero-order valence-corrected chi connectivity index (χ0v) is 11.7. The van der Waals surface area contributed by atoms with E-state index in [2.05, 4.69) is 10.4 Å². The van der Waals surface area contributed by atoms with Gasteiger partial charge in [0.15, 0.2) is 0 Å². The van der Waals surface area contributed by atoms with Gasteiger partial charge in [0.05, 0.1) is 5.69 Å². The molecule has 0 radical (unpaired) electrons. The molecule has 1 unspecified atom stereocenters. The predicted molar refractivity (Wildman–Crippen MR) is 73.3 cm³/mol. The first-order chi connectivity index (χ1) is 8.70. The summed E-state index contributed by atoms with van der Waals surface area (Å²) in [6.45, 7) is 6.57. The van der Waals surface area contributed by atoms with E-state index in [1.54, 1.807) is 0 Å². The molecule has 0 bridgehead atoms. The molecule has 4 heteroatoms. The molecule has 100 valence electrons. The lowest BCUT2D eigenvalue weighted by Crippen LogP contribution is -2.31. The highest BCUT2D eigenvalue weighted by molar-refractivity contribution is 5.80. The third-order valence-electron chi connectivity index (χ3n) is 2.90. The number of amides is 1. The molecule has 1 aliphatic rings. The summed E-state index contributed by atoms with van der Waals surface area (Å²) in [5, 5.41) is 7.25. The van der Waals surface area contributed by atoms with Crippen molar-refractivity contribution >= 4 is 5.91 Å². The zero-order valence-electron chi connectivity index (χ0n) is 11.7. The van der Waals surface area contributed by atoms with E-state index in [1.165, 1.54) is 5.56 Å². The second-order valence-electron chi connectivity index (χ2n) is 4.19. The highest BCUT2D eigenvalue weighted by atomic mass is 16.1. The summed E-state index contributed by atoms with van der Waals surface area (Å²) >= 11 is 0. The summed E-state index contributed by atoms with van der Waals surface area (Å²) in [6, 6.07) is 0. The van der Waals surface area contributed by atoms with Crippen LogP contribution in [0, 0.1) is 5.92 Å². The molecule has 1 atom stereocenters. The largest absolute Gasteiger partial charge is 0.352 e. The van der Waals surface area contributed by atoms with Gasteiger partial charge in [-0.3, -0.25) is 9.48 Å². The first kappa shape index (κ1) is 14.5. The van der Waals surface area contributed by atoms with Crippen LogP contribution in [0.4, 0.5) is 0 Å². The van der Waals surface area contributed by atoms with Crippen LogP contribution in [0.3, 0.4) is 0 Å². The molecular formula is C14H23N3O. The van der Waals surface area contributed by atoms with Crippen LogP contribution in [0.25, 0.3) is 0 Å². The lowest BCUT2D eigenvalue weighted by Gasteiger charge is -2.08. The van der Waals surface area contributed by atoms with Gasteiger partial charge in [-0.1, -0.05) is 26.0 Å². The third kappa shape index (κ3) is 3.45. The van der Waals surface area contributed by atoms with Crippen molar-refractivity contribution in [3.63, 3.8) is 0 Å². The predicted octanol–water partition coefficient (Wildman–Crippen LogP) is 1.85. The van der Waals surface area contributed by atoms with Crippen molar-refractivity contribution in [2.45, 2.75) is 33.6 Å². The van der Waals surface area contributed by atoms with Crippen molar-refractivity contribution in [1.82, 2.24) is 15.1 Å². The molecule has 0 fully saturated rings. The molecule has 2 rings (SSSR count). The molecule has 18 heavy (non-hydrogen) atoms. The van der Waals surface area contributed by atoms with Gasteiger partial charge >= 0.3 is 0 Å². The molecule has 1 amide bonds. The van der Waals surface area contributed by atoms with Crippen molar-refractivity contribution in [3.8, 4) is 0 Å². The van der Waals surface area contributed by atoms with Gasteiger partial charge in [-0.25, -0.2) is 0 Å². The Hall–Kier alpha value is -1.58. The van der Waals surface area contributed by atoms with Crippen LogP contribution in [0.2, 0.25) is 0 Å². The number of nitrogens with one attached hydrogen (secondary N) is 1. The minimum Gasteiger partial charge on any atom is -0.352 e. The summed E-state index contributed by atoms with van der Waals surface area (Å²) in [5.74, 6) is 0.211. The van der Waals surface area contributed by atoms with Crippen LogP contribution in [0.1, 0.15) is 32.0 Å². The highest BCUT2D eigenvalue weighted by Gasteiger charge is 2.29. The van der Waals surface area contributed by atoms with E-state index in [4.69, 9.17) is 0 Å². The highest BCUT2D eigenvalue weighted by Crippen LogP contribution is 2.25. The Kier molecular flexibility index (Phi) is 5.62. The molecule has 1 heterocycles. The summed E-state index contributed by atoms with van der Waals surface area (Å²) in [4.78, 5) is 11.8.